The van der Waals surface area contributed by atoms with Crippen LogP contribution in [0.3, 0.4) is 0 Å². The molecule has 31 heavy (non-hydrogen) atoms. The lowest BCUT2D eigenvalue weighted by Crippen LogP contribution is -2.31. The van der Waals surface area contributed by atoms with Crippen LogP contribution in [0.25, 0.3) is 27.9 Å². The van der Waals surface area contributed by atoms with Gasteiger partial charge in [0.25, 0.3) is 6.43 Å². The van der Waals surface area contributed by atoms with E-state index >= 15 is 0 Å². The molecule has 0 unspecified atom stereocenters. The normalized spacial score (nSPS) is 18.4. The van der Waals surface area contributed by atoms with E-state index in [1.165, 1.54) is 4.68 Å². The van der Waals surface area contributed by atoms with Crippen LogP contribution in [0.1, 0.15) is 24.1 Å². The van der Waals surface area contributed by atoms with Gasteiger partial charge >= 0.3 is 0 Å². The zero-order valence-electron chi connectivity index (χ0n) is 16.2. The lowest BCUT2D eigenvalue weighted by molar-refractivity contribution is 0.0659. The molecule has 0 spiro atoms. The molecule has 0 amide bonds. The lowest BCUT2D eigenvalue weighted by atomic mass is 9.97. The fourth-order valence-corrected chi connectivity index (χ4v) is 4.19. The summed E-state index contributed by atoms with van der Waals surface area (Å²) in [5.41, 5.74) is 3.00. The zero-order valence-corrected chi connectivity index (χ0v) is 16.2. The first-order chi connectivity index (χ1) is 15.2. The predicted molar refractivity (Wildman–Crippen MR) is 112 cm³/mol. The van der Waals surface area contributed by atoms with Gasteiger partial charge in [-0.25, -0.2) is 27.9 Å². The monoisotopic (exact) mass is 417 g/mol. The van der Waals surface area contributed by atoms with Crippen molar-refractivity contribution >= 4 is 22.4 Å². The van der Waals surface area contributed by atoms with Gasteiger partial charge in [0.15, 0.2) is 11.5 Å². The first kappa shape index (κ1) is 17.9. The smallest absolute Gasteiger partial charge is 0.260 e. The van der Waals surface area contributed by atoms with Gasteiger partial charge in [-0.3, -0.25) is 0 Å². The van der Waals surface area contributed by atoms with Crippen LogP contribution in [-0.2, 0) is 0 Å². The number of nitrogens with one attached hydrogen (secondary N) is 1. The molecule has 9 heteroatoms. The average Bonchev–Trinajstić information content (AvgIpc) is 3.43. The van der Waals surface area contributed by atoms with E-state index in [4.69, 9.17) is 4.98 Å². The van der Waals surface area contributed by atoms with Gasteiger partial charge in [-0.05, 0) is 24.1 Å². The second kappa shape index (κ2) is 6.83. The molecule has 0 saturated heterocycles. The minimum absolute atomic E-state index is 0.239. The molecule has 0 bridgehead atoms. The molecule has 1 aliphatic heterocycles. The van der Waals surface area contributed by atoms with Crippen molar-refractivity contribution in [1.29, 1.82) is 0 Å². The van der Waals surface area contributed by atoms with Crippen molar-refractivity contribution in [2.24, 2.45) is 0 Å². The summed E-state index contributed by atoms with van der Waals surface area (Å²) < 4.78 is 30.8. The van der Waals surface area contributed by atoms with E-state index in [1.54, 1.807) is 17.0 Å². The van der Waals surface area contributed by atoms with Crippen molar-refractivity contribution in [3.63, 3.8) is 0 Å². The number of fused-ring (bicyclic) bond motifs is 4. The molecule has 1 N–H and O–H groups in total. The number of hydrogen-bond acceptors (Lipinski definition) is 5. The molecule has 154 valence electrons. The number of para-hydroxylation sites is 1. The van der Waals surface area contributed by atoms with E-state index in [9.17, 15) is 8.78 Å². The van der Waals surface area contributed by atoms with Crippen molar-refractivity contribution in [2.45, 2.75) is 24.9 Å². The van der Waals surface area contributed by atoms with Gasteiger partial charge < -0.3 is 5.32 Å². The molecule has 1 aliphatic rings. The quantitative estimate of drug-likeness (QED) is 0.468. The van der Waals surface area contributed by atoms with Crippen molar-refractivity contribution in [1.82, 2.24) is 29.4 Å². The SMILES string of the molecule is FC(F)[C@@H]1C[C@@H](c2ccccc2)Nc2c(-c3nc4c5ccccc5ncn4n3)cnn21. The molecule has 0 aliphatic carbocycles. The first-order valence-electron chi connectivity index (χ1n) is 9.96. The third-order valence-electron chi connectivity index (χ3n) is 5.71. The highest BCUT2D eigenvalue weighted by Crippen LogP contribution is 2.41. The zero-order chi connectivity index (χ0) is 20.9. The standard InChI is InChI=1S/C22H17F2N7/c23-19(24)18-10-17(13-6-2-1-3-7-13)27-22-15(11-26-31(18)22)20-28-21-14-8-4-5-9-16(14)25-12-30(21)29-20/h1-9,11-12,17-19,27H,10H2/t17-,18-/m0/s1. The maximum atomic E-state index is 13.9. The highest BCUT2D eigenvalue weighted by molar-refractivity contribution is 5.91. The molecule has 3 aromatic heterocycles. The van der Waals surface area contributed by atoms with E-state index in [0.29, 0.717) is 22.9 Å². The van der Waals surface area contributed by atoms with Crippen LogP contribution in [0.15, 0.2) is 67.1 Å². The fraction of sp³-hybridized carbons (Fsp3) is 0.182. The van der Waals surface area contributed by atoms with Crippen LogP contribution < -0.4 is 5.32 Å². The Morgan fingerprint density at radius 2 is 1.84 bits per heavy atom. The number of hydrogen-bond donors (Lipinski definition) is 1. The number of alkyl halides is 2. The van der Waals surface area contributed by atoms with E-state index in [0.717, 1.165) is 16.5 Å². The average molecular weight is 417 g/mol. The van der Waals surface area contributed by atoms with Crippen LogP contribution in [0.5, 0.6) is 0 Å². The maximum absolute atomic E-state index is 13.9. The molecule has 2 atom stereocenters. The van der Waals surface area contributed by atoms with Gasteiger partial charge in [0, 0.05) is 5.39 Å². The van der Waals surface area contributed by atoms with Crippen molar-refractivity contribution in [2.75, 3.05) is 5.32 Å². The van der Waals surface area contributed by atoms with Crippen molar-refractivity contribution < 1.29 is 8.78 Å². The number of nitrogens with zero attached hydrogens (tertiary/aromatic N) is 6. The molecule has 4 heterocycles. The Balaban J connectivity index is 1.49. The molecule has 6 rings (SSSR count). The van der Waals surface area contributed by atoms with E-state index in [1.807, 2.05) is 54.6 Å². The lowest BCUT2D eigenvalue weighted by Gasteiger charge is -2.32. The molecular weight excluding hydrogens is 400 g/mol. The summed E-state index contributed by atoms with van der Waals surface area (Å²) in [4.78, 5) is 9.09. The topological polar surface area (TPSA) is 72.9 Å². The van der Waals surface area contributed by atoms with Gasteiger partial charge in [0.2, 0.25) is 0 Å². The number of aromatic nitrogens is 6. The van der Waals surface area contributed by atoms with E-state index < -0.39 is 12.5 Å². The largest absolute Gasteiger partial charge is 0.363 e. The second-order valence-electron chi connectivity index (χ2n) is 7.56. The molecule has 7 nitrogen and oxygen atoms in total. The Labute approximate surface area is 175 Å². The van der Waals surface area contributed by atoms with Gasteiger partial charge in [-0.2, -0.15) is 5.10 Å². The number of anilines is 1. The van der Waals surface area contributed by atoms with Crippen LogP contribution in [-0.4, -0.2) is 35.8 Å². The third-order valence-corrected chi connectivity index (χ3v) is 5.71. The Bertz CT molecular complexity index is 1390. The minimum atomic E-state index is -2.54. The predicted octanol–water partition coefficient (Wildman–Crippen LogP) is 4.50. The highest BCUT2D eigenvalue weighted by Gasteiger charge is 2.36. The van der Waals surface area contributed by atoms with E-state index in [-0.39, 0.29) is 12.5 Å². The molecule has 0 saturated carbocycles. The summed E-state index contributed by atoms with van der Waals surface area (Å²) >= 11 is 0. The molecular formula is C22H17F2N7. The summed E-state index contributed by atoms with van der Waals surface area (Å²) in [6.45, 7) is 0. The van der Waals surface area contributed by atoms with Crippen LogP contribution in [0.2, 0.25) is 0 Å². The highest BCUT2D eigenvalue weighted by atomic mass is 19.3. The van der Waals surface area contributed by atoms with Gasteiger partial charge in [0.1, 0.15) is 18.2 Å². The minimum Gasteiger partial charge on any atom is -0.363 e. The summed E-state index contributed by atoms with van der Waals surface area (Å²) in [6, 6.07) is 16.0. The number of rotatable bonds is 3. The first-order valence-corrected chi connectivity index (χ1v) is 9.96. The Hall–Kier alpha value is -3.88. The van der Waals surface area contributed by atoms with Crippen LogP contribution >= 0.6 is 0 Å². The summed E-state index contributed by atoms with van der Waals surface area (Å²) in [5.74, 6) is 0.909. The molecule has 0 fully saturated rings. The summed E-state index contributed by atoms with van der Waals surface area (Å²) in [7, 11) is 0. The number of halogens is 2. The fourth-order valence-electron chi connectivity index (χ4n) is 4.19. The van der Waals surface area contributed by atoms with Crippen LogP contribution in [0.4, 0.5) is 14.6 Å². The van der Waals surface area contributed by atoms with Gasteiger partial charge in [-0.15, -0.1) is 5.10 Å². The van der Waals surface area contributed by atoms with Gasteiger partial charge in [0.05, 0.1) is 23.3 Å². The summed E-state index contributed by atoms with van der Waals surface area (Å²) in [6.07, 6.45) is 0.854. The Morgan fingerprint density at radius 3 is 2.68 bits per heavy atom. The Morgan fingerprint density at radius 1 is 1.03 bits per heavy atom. The summed E-state index contributed by atoms with van der Waals surface area (Å²) in [5, 5.41) is 13.1. The van der Waals surface area contributed by atoms with Crippen LogP contribution in [0, 0.1) is 0 Å². The van der Waals surface area contributed by atoms with E-state index in [2.05, 4.69) is 20.5 Å². The van der Waals surface area contributed by atoms with Gasteiger partial charge in [-0.1, -0.05) is 42.5 Å². The maximum Gasteiger partial charge on any atom is 0.260 e. The Kier molecular flexibility index (Phi) is 3.95. The number of benzene rings is 2. The van der Waals surface area contributed by atoms with Crippen molar-refractivity contribution in [3.05, 3.63) is 72.7 Å². The molecule has 0 radical (unpaired) electrons. The van der Waals surface area contributed by atoms with Crippen molar-refractivity contribution in [3.8, 4) is 11.4 Å². The third kappa shape index (κ3) is 2.84. The second-order valence-corrected chi connectivity index (χ2v) is 7.56. The molecule has 5 aromatic rings. The molecule has 2 aromatic carbocycles.